The number of carboxylic acids is 1. The monoisotopic (exact) mass is 263 g/mol. The summed E-state index contributed by atoms with van der Waals surface area (Å²) in [5.74, 6) is -0.978. The Bertz CT molecular complexity index is 527. The number of thiazole rings is 1. The summed E-state index contributed by atoms with van der Waals surface area (Å²) in [4.78, 5) is 18.7. The molecule has 0 aliphatic heterocycles. The second-order valence-electron chi connectivity index (χ2n) is 3.83. The molecule has 2 N–H and O–H groups in total. The molecule has 0 fully saturated rings. The molecule has 0 amide bonds. The Kier molecular flexibility index (Phi) is 4.01. The highest BCUT2D eigenvalue weighted by Gasteiger charge is 2.10. The van der Waals surface area contributed by atoms with Gasteiger partial charge < -0.3 is 10.4 Å². The van der Waals surface area contributed by atoms with Crippen LogP contribution in [0, 0.1) is 0 Å². The zero-order chi connectivity index (χ0) is 13.0. The van der Waals surface area contributed by atoms with Crippen LogP contribution < -0.4 is 5.32 Å². The lowest BCUT2D eigenvalue weighted by molar-refractivity contribution is 0.0696. The van der Waals surface area contributed by atoms with E-state index in [0.29, 0.717) is 6.54 Å². The Morgan fingerprint density at radius 3 is 2.83 bits per heavy atom. The molecule has 0 aromatic carbocycles. The smallest absolute Gasteiger partial charge is 0.365 e. The predicted molar refractivity (Wildman–Crippen MR) is 68.6 cm³/mol. The molecule has 2 rings (SSSR count). The van der Waals surface area contributed by atoms with Gasteiger partial charge in [0.15, 0.2) is 0 Å². The van der Waals surface area contributed by atoms with E-state index in [0.717, 1.165) is 22.6 Å². The highest BCUT2D eigenvalue weighted by atomic mass is 32.1. The van der Waals surface area contributed by atoms with Crippen LogP contribution in [0.25, 0.3) is 0 Å². The van der Waals surface area contributed by atoms with Gasteiger partial charge in [0, 0.05) is 30.4 Å². The van der Waals surface area contributed by atoms with E-state index in [4.69, 9.17) is 5.11 Å². The number of hydrogen-bond acceptors (Lipinski definition) is 5. The molecule has 0 spiro atoms. The molecule has 0 saturated carbocycles. The van der Waals surface area contributed by atoms with Crippen molar-refractivity contribution >= 4 is 17.3 Å². The van der Waals surface area contributed by atoms with Crippen molar-refractivity contribution < 1.29 is 9.90 Å². The van der Waals surface area contributed by atoms with E-state index < -0.39 is 5.97 Å². The molecular weight excluding hydrogens is 250 g/mol. The number of nitrogens with one attached hydrogen (secondary N) is 1. The van der Waals surface area contributed by atoms with Crippen molar-refractivity contribution in [2.24, 2.45) is 0 Å². The van der Waals surface area contributed by atoms with Gasteiger partial charge in [0.25, 0.3) is 0 Å². The maximum absolute atomic E-state index is 10.7. The van der Waals surface area contributed by atoms with Crippen molar-refractivity contribution in [2.75, 3.05) is 0 Å². The van der Waals surface area contributed by atoms with E-state index in [9.17, 15) is 4.79 Å². The van der Waals surface area contributed by atoms with Gasteiger partial charge in [-0.1, -0.05) is 0 Å². The third-order valence-corrected chi connectivity index (χ3v) is 3.41. The van der Waals surface area contributed by atoms with E-state index in [1.807, 2.05) is 19.1 Å². The maximum atomic E-state index is 10.7. The third kappa shape index (κ3) is 3.12. The zero-order valence-corrected chi connectivity index (χ0v) is 10.6. The van der Waals surface area contributed by atoms with E-state index in [-0.39, 0.29) is 11.0 Å². The van der Waals surface area contributed by atoms with E-state index in [1.165, 1.54) is 0 Å². The fourth-order valence-corrected chi connectivity index (χ4v) is 2.17. The summed E-state index contributed by atoms with van der Waals surface area (Å²) >= 11 is 1.14. The summed E-state index contributed by atoms with van der Waals surface area (Å²) in [6, 6.07) is 4.06. The fraction of sp³-hybridized carbons (Fsp3) is 0.250. The van der Waals surface area contributed by atoms with Crippen molar-refractivity contribution in [3.63, 3.8) is 0 Å². The maximum Gasteiger partial charge on any atom is 0.365 e. The number of nitrogens with zero attached hydrogens (tertiary/aromatic N) is 2. The van der Waals surface area contributed by atoms with Gasteiger partial charge in [-0.2, -0.15) is 0 Å². The molecule has 2 heterocycles. The number of aromatic carboxylic acids is 1. The molecule has 0 saturated heterocycles. The summed E-state index contributed by atoms with van der Waals surface area (Å²) in [5.41, 5.74) is 1.89. The first-order chi connectivity index (χ1) is 8.66. The van der Waals surface area contributed by atoms with Crippen LogP contribution in [-0.4, -0.2) is 21.0 Å². The lowest BCUT2D eigenvalue weighted by Crippen LogP contribution is -2.18. The van der Waals surface area contributed by atoms with Crippen LogP contribution in [0.15, 0.2) is 29.9 Å². The summed E-state index contributed by atoms with van der Waals surface area (Å²) in [7, 11) is 0. The molecule has 6 heteroatoms. The lowest BCUT2D eigenvalue weighted by atomic mass is 10.1. The Hall–Kier alpha value is -1.79. The molecule has 0 unspecified atom stereocenters. The van der Waals surface area contributed by atoms with E-state index >= 15 is 0 Å². The van der Waals surface area contributed by atoms with Gasteiger partial charge >= 0.3 is 5.97 Å². The number of pyridine rings is 1. The van der Waals surface area contributed by atoms with Gasteiger partial charge in [0.2, 0.25) is 5.01 Å². The van der Waals surface area contributed by atoms with Crippen molar-refractivity contribution in [1.82, 2.24) is 15.3 Å². The molecule has 2 aromatic heterocycles. The highest BCUT2D eigenvalue weighted by molar-refractivity contribution is 7.11. The van der Waals surface area contributed by atoms with Crippen molar-refractivity contribution in [1.29, 1.82) is 0 Å². The molecule has 0 radical (unpaired) electrons. The first kappa shape index (κ1) is 12.7. The molecule has 0 bridgehead atoms. The highest BCUT2D eigenvalue weighted by Crippen LogP contribution is 2.13. The molecule has 94 valence electrons. The number of carbonyl (C=O) groups is 1. The zero-order valence-electron chi connectivity index (χ0n) is 9.83. The topological polar surface area (TPSA) is 75.1 Å². The van der Waals surface area contributed by atoms with Gasteiger partial charge in [-0.15, -0.1) is 11.3 Å². The van der Waals surface area contributed by atoms with Crippen molar-refractivity contribution in [2.45, 2.75) is 19.5 Å². The molecule has 0 aliphatic rings. The number of rotatable bonds is 5. The van der Waals surface area contributed by atoms with Crippen LogP contribution in [0.1, 0.15) is 34.0 Å². The number of hydrogen-bond donors (Lipinski definition) is 2. The normalized spacial score (nSPS) is 12.3. The molecular formula is C12H13N3O2S. The van der Waals surface area contributed by atoms with Crippen molar-refractivity contribution in [3.05, 3.63) is 46.2 Å². The molecule has 0 aliphatic carbocycles. The average Bonchev–Trinajstić information content (AvgIpc) is 2.86. The number of carboxylic acid groups (broad SMARTS) is 1. The fourth-order valence-electron chi connectivity index (χ4n) is 1.51. The van der Waals surface area contributed by atoms with E-state index in [2.05, 4.69) is 15.3 Å². The van der Waals surface area contributed by atoms with Gasteiger partial charge in [-0.3, -0.25) is 4.98 Å². The average molecular weight is 263 g/mol. The Labute approximate surface area is 109 Å². The Morgan fingerprint density at radius 1 is 1.50 bits per heavy atom. The number of aromatic nitrogens is 2. The molecule has 5 nitrogen and oxygen atoms in total. The minimum absolute atomic E-state index is 0.128. The van der Waals surface area contributed by atoms with Gasteiger partial charge in [0.05, 0.1) is 5.69 Å². The quantitative estimate of drug-likeness (QED) is 0.864. The molecule has 2 aromatic rings. The first-order valence-electron chi connectivity index (χ1n) is 5.48. The molecule has 18 heavy (non-hydrogen) atoms. The summed E-state index contributed by atoms with van der Waals surface area (Å²) in [5, 5.41) is 14.0. The van der Waals surface area contributed by atoms with Crippen LogP contribution >= 0.6 is 11.3 Å². The Morgan fingerprint density at radius 2 is 2.22 bits per heavy atom. The lowest BCUT2D eigenvalue weighted by Gasteiger charge is -2.12. The second kappa shape index (κ2) is 5.70. The van der Waals surface area contributed by atoms with Crippen LogP contribution in [-0.2, 0) is 6.54 Å². The predicted octanol–water partition coefficient (Wildman–Crippen LogP) is 2.09. The summed E-state index contributed by atoms with van der Waals surface area (Å²) in [6.45, 7) is 2.59. The first-order valence-corrected chi connectivity index (χ1v) is 6.36. The SMILES string of the molecule is C[C@@H](NCc1csc(C(=O)O)n1)c1ccncc1. The standard InChI is InChI=1S/C12H13N3O2S/c1-8(9-2-4-13-5-3-9)14-6-10-7-18-11(15-10)12(16)17/h2-5,7-8,14H,6H2,1H3,(H,16,17)/t8-/m1/s1. The minimum atomic E-state index is -0.978. The van der Waals surface area contributed by atoms with Gasteiger partial charge in [-0.25, -0.2) is 9.78 Å². The van der Waals surface area contributed by atoms with Crippen LogP contribution in [0.3, 0.4) is 0 Å². The largest absolute Gasteiger partial charge is 0.476 e. The summed E-state index contributed by atoms with van der Waals surface area (Å²) in [6.07, 6.45) is 3.50. The summed E-state index contributed by atoms with van der Waals surface area (Å²) < 4.78 is 0. The second-order valence-corrected chi connectivity index (χ2v) is 4.69. The Balaban J connectivity index is 1.93. The minimum Gasteiger partial charge on any atom is -0.476 e. The van der Waals surface area contributed by atoms with E-state index in [1.54, 1.807) is 17.8 Å². The van der Waals surface area contributed by atoms with Gasteiger partial charge in [-0.05, 0) is 24.6 Å². The molecule has 1 atom stereocenters. The third-order valence-electron chi connectivity index (χ3n) is 2.53. The van der Waals surface area contributed by atoms with Crippen LogP contribution in [0.4, 0.5) is 0 Å². The van der Waals surface area contributed by atoms with Crippen molar-refractivity contribution in [3.8, 4) is 0 Å². The van der Waals surface area contributed by atoms with Gasteiger partial charge in [0.1, 0.15) is 0 Å². The van der Waals surface area contributed by atoms with Crippen LogP contribution in [0.2, 0.25) is 0 Å². The van der Waals surface area contributed by atoms with Crippen LogP contribution in [0.5, 0.6) is 0 Å².